The second-order valence-corrected chi connectivity index (χ2v) is 7.96. The Morgan fingerprint density at radius 1 is 1.10 bits per heavy atom. The molecule has 5 heteroatoms. The number of thioether (sulfide) groups is 2. The van der Waals surface area contributed by atoms with Gasteiger partial charge in [-0.25, -0.2) is 0 Å². The fourth-order valence-corrected chi connectivity index (χ4v) is 5.13. The molecule has 3 nitrogen and oxygen atoms in total. The van der Waals surface area contributed by atoms with Crippen LogP contribution in [0.4, 0.5) is 0 Å². The van der Waals surface area contributed by atoms with Crippen molar-refractivity contribution in [2.24, 2.45) is 0 Å². The third-order valence-corrected chi connectivity index (χ3v) is 6.69. The van der Waals surface area contributed by atoms with E-state index in [1.165, 1.54) is 55.2 Å². The van der Waals surface area contributed by atoms with Crippen LogP contribution < -0.4 is 0 Å². The van der Waals surface area contributed by atoms with Crippen LogP contribution in [0.2, 0.25) is 0 Å². The number of carbonyl (C=O) groups is 2. The minimum absolute atomic E-state index is 0.0145. The van der Waals surface area contributed by atoms with Crippen molar-refractivity contribution in [1.82, 2.24) is 4.90 Å². The van der Waals surface area contributed by atoms with Gasteiger partial charge in [-0.2, -0.15) is 0 Å². The highest BCUT2D eigenvalue weighted by Gasteiger charge is 2.41. The van der Waals surface area contributed by atoms with Crippen LogP contribution in [0.25, 0.3) is 0 Å². The van der Waals surface area contributed by atoms with Crippen LogP contribution in [-0.4, -0.2) is 34.3 Å². The van der Waals surface area contributed by atoms with E-state index in [-0.39, 0.29) is 17.9 Å². The maximum atomic E-state index is 12.7. The molecule has 0 bridgehead atoms. The van der Waals surface area contributed by atoms with Crippen LogP contribution in [0.1, 0.15) is 58.8 Å². The van der Waals surface area contributed by atoms with E-state index in [1.807, 2.05) is 20.1 Å². The lowest BCUT2D eigenvalue weighted by molar-refractivity contribution is -0.139. The van der Waals surface area contributed by atoms with E-state index < -0.39 is 0 Å². The Kier molecular flexibility index (Phi) is 6.23. The van der Waals surface area contributed by atoms with Gasteiger partial charge in [0.25, 0.3) is 11.8 Å². The molecule has 1 unspecified atom stereocenters. The van der Waals surface area contributed by atoms with Crippen molar-refractivity contribution in [1.29, 1.82) is 0 Å². The Hall–Kier alpha value is -0.420. The van der Waals surface area contributed by atoms with Gasteiger partial charge in [0.15, 0.2) is 0 Å². The van der Waals surface area contributed by atoms with Gasteiger partial charge in [0.1, 0.15) is 0 Å². The van der Waals surface area contributed by atoms with Crippen LogP contribution in [0.3, 0.4) is 0 Å². The van der Waals surface area contributed by atoms with E-state index in [2.05, 4.69) is 0 Å². The molecule has 1 aliphatic heterocycles. The first-order chi connectivity index (χ1) is 10.1. The molecule has 0 aromatic rings. The molecule has 2 amide bonds. The molecule has 1 fully saturated rings. The standard InChI is InChI=1S/C16H25NO2S2/c1-4-11(2)17-15(18)13(20-3)14(16(17)19)21-12-9-7-5-6-8-10-12/h11-12H,4-10H2,1-3H3. The van der Waals surface area contributed by atoms with Gasteiger partial charge in [-0.3, -0.25) is 14.5 Å². The number of amides is 2. The van der Waals surface area contributed by atoms with Crippen molar-refractivity contribution < 1.29 is 9.59 Å². The third-order valence-electron chi connectivity index (χ3n) is 4.35. The number of hydrogen-bond acceptors (Lipinski definition) is 4. The summed E-state index contributed by atoms with van der Waals surface area (Å²) >= 11 is 3.09. The lowest BCUT2D eigenvalue weighted by atomic mass is 10.2. The Labute approximate surface area is 136 Å². The summed E-state index contributed by atoms with van der Waals surface area (Å²) in [6, 6.07) is -0.0145. The number of rotatable bonds is 5. The predicted octanol–water partition coefficient (Wildman–Crippen LogP) is 4.18. The van der Waals surface area contributed by atoms with E-state index in [1.54, 1.807) is 11.8 Å². The van der Waals surface area contributed by atoms with Crippen molar-refractivity contribution >= 4 is 35.3 Å². The summed E-state index contributed by atoms with van der Waals surface area (Å²) < 4.78 is 0. The first-order valence-electron chi connectivity index (χ1n) is 7.93. The first kappa shape index (κ1) is 16.9. The molecule has 118 valence electrons. The fourth-order valence-electron chi connectivity index (χ4n) is 2.90. The van der Waals surface area contributed by atoms with Gasteiger partial charge < -0.3 is 0 Å². The monoisotopic (exact) mass is 327 g/mol. The fraction of sp³-hybridized carbons (Fsp3) is 0.750. The second-order valence-electron chi connectivity index (χ2n) is 5.83. The molecule has 0 aromatic carbocycles. The first-order valence-corrected chi connectivity index (χ1v) is 10.0. The number of nitrogens with zero attached hydrogens (tertiary/aromatic N) is 1. The van der Waals surface area contributed by atoms with Crippen LogP contribution in [-0.2, 0) is 9.59 Å². The van der Waals surface area contributed by atoms with Crippen molar-refractivity contribution in [3.8, 4) is 0 Å². The lowest BCUT2D eigenvalue weighted by Crippen LogP contribution is -2.38. The normalized spacial score (nSPS) is 22.9. The summed E-state index contributed by atoms with van der Waals surface area (Å²) in [6.07, 6.45) is 10.1. The van der Waals surface area contributed by atoms with Crippen molar-refractivity contribution in [3.05, 3.63) is 9.81 Å². The molecule has 21 heavy (non-hydrogen) atoms. The van der Waals surface area contributed by atoms with Gasteiger partial charge in [-0.05, 0) is 32.4 Å². The molecule has 0 saturated heterocycles. The van der Waals surface area contributed by atoms with Crippen LogP contribution in [0, 0.1) is 0 Å². The molecule has 2 aliphatic rings. The molecule has 0 radical (unpaired) electrons. The van der Waals surface area contributed by atoms with Gasteiger partial charge in [-0.1, -0.05) is 32.6 Å². The summed E-state index contributed by atoms with van der Waals surface area (Å²) in [5.74, 6) is -0.147. The van der Waals surface area contributed by atoms with Gasteiger partial charge in [0.05, 0.1) is 9.81 Å². The molecule has 2 rings (SSSR count). The maximum absolute atomic E-state index is 12.7. The maximum Gasteiger partial charge on any atom is 0.268 e. The van der Waals surface area contributed by atoms with Crippen LogP contribution >= 0.6 is 23.5 Å². The van der Waals surface area contributed by atoms with Gasteiger partial charge in [-0.15, -0.1) is 23.5 Å². The average molecular weight is 328 g/mol. The van der Waals surface area contributed by atoms with Crippen LogP contribution in [0.15, 0.2) is 9.81 Å². The predicted molar refractivity (Wildman–Crippen MR) is 91.2 cm³/mol. The van der Waals surface area contributed by atoms with Crippen molar-refractivity contribution in [2.75, 3.05) is 6.26 Å². The number of hydrogen-bond donors (Lipinski definition) is 0. The van der Waals surface area contributed by atoms with Crippen LogP contribution in [0.5, 0.6) is 0 Å². The molecule has 0 aromatic heterocycles. The van der Waals surface area contributed by atoms with Crippen molar-refractivity contribution in [3.63, 3.8) is 0 Å². The summed E-state index contributed by atoms with van der Waals surface area (Å²) in [5, 5.41) is 0.498. The van der Waals surface area contributed by atoms with Gasteiger partial charge >= 0.3 is 0 Å². The van der Waals surface area contributed by atoms with E-state index in [0.29, 0.717) is 15.1 Å². The van der Waals surface area contributed by atoms with E-state index in [0.717, 1.165) is 6.42 Å². The van der Waals surface area contributed by atoms with E-state index in [4.69, 9.17) is 0 Å². The summed E-state index contributed by atoms with van der Waals surface area (Å²) in [6.45, 7) is 3.97. The second kappa shape index (κ2) is 7.73. The molecule has 1 heterocycles. The number of carbonyl (C=O) groups excluding carboxylic acids is 2. The lowest BCUT2D eigenvalue weighted by Gasteiger charge is -2.22. The summed E-state index contributed by atoms with van der Waals surface area (Å²) in [5.41, 5.74) is 0. The zero-order valence-electron chi connectivity index (χ0n) is 13.2. The Bertz CT molecular complexity index is 440. The Morgan fingerprint density at radius 2 is 1.67 bits per heavy atom. The zero-order valence-corrected chi connectivity index (χ0v) is 14.8. The SMILES string of the molecule is CCC(C)N1C(=O)C(SC)=C(SC2CCCCCC2)C1=O. The Morgan fingerprint density at radius 3 is 2.19 bits per heavy atom. The molecular weight excluding hydrogens is 302 g/mol. The average Bonchev–Trinajstić information content (AvgIpc) is 2.67. The highest BCUT2D eigenvalue weighted by atomic mass is 32.2. The molecular formula is C16H25NO2S2. The quantitative estimate of drug-likeness (QED) is 0.560. The van der Waals surface area contributed by atoms with E-state index in [9.17, 15) is 9.59 Å². The zero-order chi connectivity index (χ0) is 15.4. The Balaban J connectivity index is 2.16. The minimum atomic E-state index is -0.0852. The highest BCUT2D eigenvalue weighted by molar-refractivity contribution is 8.08. The number of imide groups is 1. The topological polar surface area (TPSA) is 37.4 Å². The third kappa shape index (κ3) is 3.67. The summed E-state index contributed by atoms with van der Waals surface area (Å²) in [4.78, 5) is 28.0. The van der Waals surface area contributed by atoms with E-state index >= 15 is 0 Å². The van der Waals surface area contributed by atoms with Gasteiger partial charge in [0, 0.05) is 11.3 Å². The largest absolute Gasteiger partial charge is 0.271 e. The van der Waals surface area contributed by atoms with Gasteiger partial charge in [0.2, 0.25) is 0 Å². The van der Waals surface area contributed by atoms with Crippen molar-refractivity contribution in [2.45, 2.75) is 70.1 Å². The molecule has 1 saturated carbocycles. The molecule has 1 aliphatic carbocycles. The molecule has 0 N–H and O–H groups in total. The molecule has 1 atom stereocenters. The smallest absolute Gasteiger partial charge is 0.268 e. The highest BCUT2D eigenvalue weighted by Crippen LogP contribution is 2.41. The summed E-state index contributed by atoms with van der Waals surface area (Å²) in [7, 11) is 0. The minimum Gasteiger partial charge on any atom is -0.271 e. The molecule has 0 spiro atoms.